The van der Waals surface area contributed by atoms with Gasteiger partial charge < -0.3 is 15.7 Å². The number of carbonyl (C=O) groups is 2. The van der Waals surface area contributed by atoms with Crippen LogP contribution in [-0.4, -0.2) is 48.5 Å². The number of piperidine rings is 1. The second kappa shape index (κ2) is 6.19. The summed E-state index contributed by atoms with van der Waals surface area (Å²) < 4.78 is 23.6. The molecule has 9 nitrogen and oxygen atoms in total. The number of rotatable bonds is 5. The zero-order chi connectivity index (χ0) is 19.3. The summed E-state index contributed by atoms with van der Waals surface area (Å²) in [5.41, 5.74) is 0.678. The van der Waals surface area contributed by atoms with Gasteiger partial charge >= 0.3 is 16.2 Å². The number of hydrogen-bond acceptors (Lipinski definition) is 5. The summed E-state index contributed by atoms with van der Waals surface area (Å²) in [6.45, 7) is 1.85. The molecule has 1 saturated heterocycles. The van der Waals surface area contributed by atoms with Crippen molar-refractivity contribution in [2.45, 2.75) is 6.04 Å². The van der Waals surface area contributed by atoms with Crippen molar-refractivity contribution in [3.05, 3.63) is 47.8 Å². The number of nitrogens with one attached hydrogen (secondary N) is 2. The van der Waals surface area contributed by atoms with Crippen LogP contribution in [0, 0.1) is 11.8 Å². The lowest BCUT2D eigenvalue weighted by molar-refractivity contribution is 0.0689. The zero-order valence-corrected chi connectivity index (χ0v) is 14.9. The summed E-state index contributed by atoms with van der Waals surface area (Å²) in [4.78, 5) is 23.9. The molecule has 1 unspecified atom stereocenters. The van der Waals surface area contributed by atoms with E-state index in [-0.39, 0.29) is 17.5 Å². The van der Waals surface area contributed by atoms with E-state index >= 15 is 0 Å². The van der Waals surface area contributed by atoms with Crippen molar-refractivity contribution < 1.29 is 23.1 Å². The van der Waals surface area contributed by atoms with Gasteiger partial charge in [0.2, 0.25) is 0 Å². The molecule has 3 atom stereocenters. The van der Waals surface area contributed by atoms with Crippen molar-refractivity contribution in [2.75, 3.05) is 13.1 Å². The molecular formula is C17H18N4O5S. The topological polar surface area (TPSA) is 144 Å². The summed E-state index contributed by atoms with van der Waals surface area (Å²) in [5, 5.41) is 20.7. The molecule has 2 aliphatic rings. The third kappa shape index (κ3) is 3.11. The van der Waals surface area contributed by atoms with Gasteiger partial charge in [-0.25, -0.2) is 13.9 Å². The number of carboxylic acid groups (broad SMARTS) is 1. The molecule has 0 bridgehead atoms. The monoisotopic (exact) mass is 390 g/mol. The van der Waals surface area contributed by atoms with E-state index in [4.69, 9.17) is 5.14 Å². The van der Waals surface area contributed by atoms with Crippen LogP contribution < -0.4 is 15.8 Å². The van der Waals surface area contributed by atoms with Crippen LogP contribution in [0.5, 0.6) is 0 Å². The molecule has 1 saturated carbocycles. The number of nitrogens with two attached hydrogens (primary N) is 1. The Kier molecular flexibility index (Phi) is 4.06. The van der Waals surface area contributed by atoms with Crippen molar-refractivity contribution in [3.63, 3.8) is 0 Å². The van der Waals surface area contributed by atoms with Crippen molar-refractivity contribution >= 4 is 22.1 Å². The predicted octanol–water partition coefficient (Wildman–Crippen LogP) is -0.147. The molecule has 1 aromatic carbocycles. The molecule has 1 aliphatic heterocycles. The Morgan fingerprint density at radius 3 is 2.33 bits per heavy atom. The highest BCUT2D eigenvalue weighted by molar-refractivity contribution is 7.87. The molecule has 0 spiro atoms. The highest BCUT2D eigenvalue weighted by Gasteiger charge is 2.53. The van der Waals surface area contributed by atoms with Crippen LogP contribution in [0.4, 0.5) is 0 Å². The number of benzene rings is 1. The number of carbonyl (C=O) groups excluding carboxylic acids is 1. The number of amides is 1. The minimum absolute atomic E-state index is 0.179. The molecule has 1 aromatic heterocycles. The normalized spacial score (nSPS) is 23.7. The summed E-state index contributed by atoms with van der Waals surface area (Å²) in [6.07, 6.45) is 1.09. The van der Waals surface area contributed by atoms with E-state index in [0.717, 1.165) is 19.3 Å². The molecule has 1 aliphatic carbocycles. The fourth-order valence-corrected chi connectivity index (χ4v) is 4.40. The molecule has 142 valence electrons. The van der Waals surface area contributed by atoms with Gasteiger partial charge in [-0.05, 0) is 35.6 Å². The quantitative estimate of drug-likeness (QED) is 0.559. The third-order valence-corrected chi connectivity index (χ3v) is 6.03. The standard InChI is InChI=1S/C17H18N4O5S/c18-27(25,26)21-6-5-11(15(21)17(23)24)9-1-3-10(4-2-9)16(22)20-14-12-7-19-8-13(12)14/h1-6,12-14,19H,7-8H2,(H,20,22)(H,23,24)(H2,18,25,26)/t12-,13+,14?. The van der Waals surface area contributed by atoms with E-state index in [1.54, 1.807) is 24.3 Å². The van der Waals surface area contributed by atoms with Crippen molar-refractivity contribution in [1.82, 2.24) is 14.6 Å². The Morgan fingerprint density at radius 2 is 1.78 bits per heavy atom. The molecule has 4 rings (SSSR count). The molecule has 0 radical (unpaired) electrons. The minimum Gasteiger partial charge on any atom is -0.477 e. The van der Waals surface area contributed by atoms with Gasteiger partial charge in [0.05, 0.1) is 0 Å². The molecule has 2 aromatic rings. The number of aromatic nitrogens is 1. The molecule has 2 heterocycles. The van der Waals surface area contributed by atoms with Crippen LogP contribution in [0.3, 0.4) is 0 Å². The second-order valence-corrected chi connectivity index (χ2v) is 8.21. The van der Waals surface area contributed by atoms with Crippen LogP contribution in [-0.2, 0) is 10.2 Å². The maximum absolute atomic E-state index is 12.4. The van der Waals surface area contributed by atoms with Gasteiger partial charge in [0, 0.05) is 36.5 Å². The lowest BCUT2D eigenvalue weighted by Crippen LogP contribution is -2.32. The van der Waals surface area contributed by atoms with Crippen LogP contribution in [0.25, 0.3) is 11.1 Å². The van der Waals surface area contributed by atoms with Crippen LogP contribution in [0.1, 0.15) is 20.8 Å². The number of fused-ring (bicyclic) bond motifs is 1. The predicted molar refractivity (Wildman–Crippen MR) is 96.4 cm³/mol. The third-order valence-electron chi connectivity index (χ3n) is 5.18. The van der Waals surface area contributed by atoms with Crippen LogP contribution >= 0.6 is 0 Å². The van der Waals surface area contributed by atoms with E-state index in [1.807, 2.05) is 0 Å². The average molecular weight is 390 g/mol. The van der Waals surface area contributed by atoms with Gasteiger partial charge in [-0.3, -0.25) is 4.79 Å². The summed E-state index contributed by atoms with van der Waals surface area (Å²) in [6, 6.07) is 7.91. The van der Waals surface area contributed by atoms with E-state index in [1.165, 1.54) is 6.07 Å². The lowest BCUT2D eigenvalue weighted by atomic mass is 10.0. The first-order chi connectivity index (χ1) is 12.8. The second-order valence-electron chi connectivity index (χ2n) is 6.79. The number of hydrogen-bond donors (Lipinski definition) is 4. The maximum atomic E-state index is 12.4. The minimum atomic E-state index is -4.23. The Balaban J connectivity index is 1.57. The van der Waals surface area contributed by atoms with Gasteiger partial charge in [0.1, 0.15) is 0 Å². The van der Waals surface area contributed by atoms with Gasteiger partial charge in [-0.2, -0.15) is 8.42 Å². The summed E-state index contributed by atoms with van der Waals surface area (Å²) >= 11 is 0. The number of nitrogens with zero attached hydrogens (tertiary/aromatic N) is 1. The van der Waals surface area contributed by atoms with E-state index in [9.17, 15) is 23.1 Å². The first kappa shape index (κ1) is 17.7. The SMILES string of the molecule is NS(=O)(=O)n1ccc(-c2ccc(C(=O)NC3[C@H]4CNC[C@@H]34)cc2)c1C(=O)O. The Bertz CT molecular complexity index is 1020. The van der Waals surface area contributed by atoms with Gasteiger partial charge in [0.25, 0.3) is 5.91 Å². The van der Waals surface area contributed by atoms with Crippen LogP contribution in [0.15, 0.2) is 36.5 Å². The Morgan fingerprint density at radius 1 is 1.15 bits per heavy atom. The van der Waals surface area contributed by atoms with Crippen molar-refractivity contribution in [1.29, 1.82) is 0 Å². The molecule has 2 fully saturated rings. The molecular weight excluding hydrogens is 372 g/mol. The van der Waals surface area contributed by atoms with Crippen molar-refractivity contribution in [3.8, 4) is 11.1 Å². The fraction of sp³-hybridized carbons (Fsp3) is 0.294. The first-order valence-electron chi connectivity index (χ1n) is 8.37. The molecule has 5 N–H and O–H groups in total. The first-order valence-corrected chi connectivity index (χ1v) is 9.87. The lowest BCUT2D eigenvalue weighted by Gasteiger charge is -2.09. The molecule has 1 amide bonds. The van der Waals surface area contributed by atoms with E-state index in [0.29, 0.717) is 26.9 Å². The average Bonchev–Trinajstić information content (AvgIpc) is 3.01. The number of carboxylic acids is 1. The van der Waals surface area contributed by atoms with Crippen LogP contribution in [0.2, 0.25) is 0 Å². The Hall–Kier alpha value is -2.69. The molecule has 27 heavy (non-hydrogen) atoms. The highest BCUT2D eigenvalue weighted by Crippen LogP contribution is 2.41. The highest BCUT2D eigenvalue weighted by atomic mass is 32.2. The van der Waals surface area contributed by atoms with E-state index in [2.05, 4.69) is 10.6 Å². The maximum Gasteiger partial charge on any atom is 0.354 e. The largest absolute Gasteiger partial charge is 0.477 e. The molecule has 10 heteroatoms. The smallest absolute Gasteiger partial charge is 0.354 e. The van der Waals surface area contributed by atoms with Gasteiger partial charge in [-0.15, -0.1) is 0 Å². The van der Waals surface area contributed by atoms with E-state index < -0.39 is 21.9 Å². The zero-order valence-electron chi connectivity index (χ0n) is 14.1. The van der Waals surface area contributed by atoms with Gasteiger partial charge in [0.15, 0.2) is 5.69 Å². The fourth-order valence-electron chi connectivity index (χ4n) is 3.74. The summed E-state index contributed by atoms with van der Waals surface area (Å²) in [5.74, 6) is -0.588. The van der Waals surface area contributed by atoms with Crippen molar-refractivity contribution in [2.24, 2.45) is 17.0 Å². The van der Waals surface area contributed by atoms with Gasteiger partial charge in [-0.1, -0.05) is 12.1 Å². The summed E-state index contributed by atoms with van der Waals surface area (Å²) in [7, 11) is -4.23. The Labute approximate surface area is 155 Å². The number of aromatic carboxylic acids is 1.